The molecule has 4 nitrogen and oxygen atoms in total. The second-order valence-electron chi connectivity index (χ2n) is 6.72. The van der Waals surface area contributed by atoms with Gasteiger partial charge in [-0.2, -0.15) is 0 Å². The Bertz CT molecular complexity index is 529. The van der Waals surface area contributed by atoms with Gasteiger partial charge in [-0.3, -0.25) is 0 Å². The zero-order valence-corrected chi connectivity index (χ0v) is 14.5. The number of aromatic nitrogens is 1. The number of carbonyl (C=O) groups is 1. The second kappa shape index (κ2) is 8.32. The van der Waals surface area contributed by atoms with E-state index >= 15 is 0 Å². The van der Waals surface area contributed by atoms with Crippen LogP contribution in [0, 0.1) is 11.8 Å². The van der Waals surface area contributed by atoms with Crippen molar-refractivity contribution >= 4 is 5.97 Å². The summed E-state index contributed by atoms with van der Waals surface area (Å²) in [6.07, 6.45) is 10.6. The number of carboxylic acid groups (broad SMARTS) is 1. The molecule has 3 atom stereocenters. The van der Waals surface area contributed by atoms with Gasteiger partial charge in [-0.1, -0.05) is 39.5 Å². The molecule has 23 heavy (non-hydrogen) atoms. The maximum Gasteiger partial charge on any atom is 0.358 e. The minimum atomic E-state index is -1.04. The standard InChI is InChI=1S/C19H29NO3/c1-4-6-7-13-8-9-14(10-13)16(5-2)15-11-17(23-3)18(19(21)22)20-12-15/h11-14,16H,4-10H2,1-3H3,(H,21,22). The number of hydrogen-bond donors (Lipinski definition) is 1. The lowest BCUT2D eigenvalue weighted by Crippen LogP contribution is -2.12. The molecule has 0 radical (unpaired) electrons. The number of pyridine rings is 1. The predicted octanol–water partition coefficient (Wildman–Crippen LogP) is 4.89. The Labute approximate surface area is 139 Å². The molecular formula is C19H29NO3. The van der Waals surface area contributed by atoms with Gasteiger partial charge >= 0.3 is 5.97 Å². The minimum absolute atomic E-state index is 0.00153. The first-order chi connectivity index (χ1) is 11.1. The molecule has 1 aromatic rings. The van der Waals surface area contributed by atoms with Crippen molar-refractivity contribution in [3.8, 4) is 5.75 Å². The van der Waals surface area contributed by atoms with Crippen LogP contribution < -0.4 is 4.74 Å². The Kier molecular flexibility index (Phi) is 6.43. The molecule has 1 N–H and O–H groups in total. The maximum atomic E-state index is 11.2. The van der Waals surface area contributed by atoms with Crippen LogP contribution in [0.4, 0.5) is 0 Å². The molecule has 0 aliphatic heterocycles. The molecule has 2 rings (SSSR count). The lowest BCUT2D eigenvalue weighted by molar-refractivity contribution is 0.0686. The van der Waals surface area contributed by atoms with Gasteiger partial charge in [0.05, 0.1) is 7.11 Å². The predicted molar refractivity (Wildman–Crippen MR) is 91.1 cm³/mol. The fraction of sp³-hybridized carbons (Fsp3) is 0.684. The highest BCUT2D eigenvalue weighted by atomic mass is 16.5. The molecule has 3 unspecified atom stereocenters. The van der Waals surface area contributed by atoms with E-state index in [2.05, 4.69) is 18.8 Å². The normalized spacial score (nSPS) is 22.0. The van der Waals surface area contributed by atoms with Crippen LogP contribution in [0.15, 0.2) is 12.3 Å². The summed E-state index contributed by atoms with van der Waals surface area (Å²) in [7, 11) is 1.50. The Morgan fingerprint density at radius 3 is 2.83 bits per heavy atom. The van der Waals surface area contributed by atoms with Crippen LogP contribution in [0.1, 0.15) is 80.8 Å². The van der Waals surface area contributed by atoms with Crippen molar-refractivity contribution in [1.29, 1.82) is 0 Å². The Morgan fingerprint density at radius 1 is 1.43 bits per heavy atom. The lowest BCUT2D eigenvalue weighted by Gasteiger charge is -2.23. The highest BCUT2D eigenvalue weighted by Gasteiger charge is 2.31. The summed E-state index contributed by atoms with van der Waals surface area (Å²) in [4.78, 5) is 15.3. The smallest absolute Gasteiger partial charge is 0.358 e. The first kappa shape index (κ1) is 17.8. The van der Waals surface area contributed by atoms with E-state index in [1.165, 1.54) is 45.6 Å². The zero-order valence-electron chi connectivity index (χ0n) is 14.5. The molecule has 4 heteroatoms. The average molecular weight is 319 g/mol. The van der Waals surface area contributed by atoms with Crippen LogP contribution >= 0.6 is 0 Å². The van der Waals surface area contributed by atoms with E-state index in [0.29, 0.717) is 17.6 Å². The van der Waals surface area contributed by atoms with E-state index in [-0.39, 0.29) is 5.69 Å². The highest BCUT2D eigenvalue weighted by Crippen LogP contribution is 2.44. The van der Waals surface area contributed by atoms with E-state index in [1.807, 2.05) is 6.07 Å². The van der Waals surface area contributed by atoms with Crippen LogP contribution in [0.5, 0.6) is 5.75 Å². The van der Waals surface area contributed by atoms with E-state index in [9.17, 15) is 4.79 Å². The van der Waals surface area contributed by atoms with Gasteiger partial charge in [0.1, 0.15) is 0 Å². The molecule has 1 aliphatic rings. The Balaban J connectivity index is 2.13. The number of nitrogens with zero attached hydrogens (tertiary/aromatic N) is 1. The fourth-order valence-corrected chi connectivity index (χ4v) is 4.05. The highest BCUT2D eigenvalue weighted by molar-refractivity contribution is 5.88. The summed E-state index contributed by atoms with van der Waals surface area (Å²) in [6, 6.07) is 1.88. The molecule has 0 saturated heterocycles. The van der Waals surface area contributed by atoms with E-state index in [1.54, 1.807) is 6.20 Å². The van der Waals surface area contributed by atoms with Crippen molar-refractivity contribution in [2.24, 2.45) is 11.8 Å². The minimum Gasteiger partial charge on any atom is -0.494 e. The number of methoxy groups -OCH3 is 1. The molecule has 0 spiro atoms. The monoisotopic (exact) mass is 319 g/mol. The number of rotatable bonds is 8. The number of unbranched alkanes of at least 4 members (excludes halogenated alkanes) is 1. The summed E-state index contributed by atoms with van der Waals surface area (Å²) < 4.78 is 5.24. The summed E-state index contributed by atoms with van der Waals surface area (Å²) in [5.74, 6) is 1.33. The van der Waals surface area contributed by atoms with Gasteiger partial charge in [0.15, 0.2) is 11.4 Å². The second-order valence-corrected chi connectivity index (χ2v) is 6.72. The molecular weight excluding hydrogens is 290 g/mol. The topological polar surface area (TPSA) is 59.4 Å². The van der Waals surface area contributed by atoms with E-state index in [4.69, 9.17) is 9.84 Å². The summed E-state index contributed by atoms with van der Waals surface area (Å²) in [5, 5.41) is 9.17. The van der Waals surface area contributed by atoms with Gasteiger partial charge in [-0.15, -0.1) is 0 Å². The Hall–Kier alpha value is -1.58. The molecule has 1 aliphatic carbocycles. The first-order valence-electron chi connectivity index (χ1n) is 8.87. The zero-order chi connectivity index (χ0) is 16.8. The molecule has 1 fully saturated rings. The molecule has 1 aromatic heterocycles. The molecule has 1 saturated carbocycles. The van der Waals surface area contributed by atoms with Crippen molar-refractivity contribution in [2.45, 2.75) is 64.7 Å². The number of hydrogen-bond acceptors (Lipinski definition) is 3. The quantitative estimate of drug-likeness (QED) is 0.741. The van der Waals surface area contributed by atoms with Gasteiger partial charge in [-0.05, 0) is 48.6 Å². The van der Waals surface area contributed by atoms with Crippen molar-refractivity contribution in [1.82, 2.24) is 4.98 Å². The summed E-state index contributed by atoms with van der Waals surface area (Å²) in [6.45, 7) is 4.46. The van der Waals surface area contributed by atoms with Gasteiger partial charge in [0.2, 0.25) is 0 Å². The third-order valence-electron chi connectivity index (χ3n) is 5.28. The largest absolute Gasteiger partial charge is 0.494 e. The Morgan fingerprint density at radius 2 is 2.22 bits per heavy atom. The fourth-order valence-electron chi connectivity index (χ4n) is 4.05. The van der Waals surface area contributed by atoms with Crippen molar-refractivity contribution in [3.05, 3.63) is 23.5 Å². The van der Waals surface area contributed by atoms with Crippen molar-refractivity contribution in [2.75, 3.05) is 7.11 Å². The summed E-state index contributed by atoms with van der Waals surface area (Å²) in [5.41, 5.74) is 1.12. The number of aromatic carboxylic acids is 1. The lowest BCUT2D eigenvalue weighted by atomic mass is 9.82. The first-order valence-corrected chi connectivity index (χ1v) is 8.87. The summed E-state index contributed by atoms with van der Waals surface area (Å²) >= 11 is 0. The SMILES string of the molecule is CCCCC1CCC(C(CC)c2cnc(C(=O)O)c(OC)c2)C1. The third kappa shape index (κ3) is 4.24. The van der Waals surface area contributed by atoms with E-state index in [0.717, 1.165) is 17.9 Å². The van der Waals surface area contributed by atoms with Crippen LogP contribution in [0.25, 0.3) is 0 Å². The molecule has 0 amide bonds. The third-order valence-corrected chi connectivity index (χ3v) is 5.28. The number of ether oxygens (including phenoxy) is 1. The van der Waals surface area contributed by atoms with Crippen LogP contribution in [-0.4, -0.2) is 23.2 Å². The van der Waals surface area contributed by atoms with Gasteiger partial charge in [0.25, 0.3) is 0 Å². The number of carboxylic acids is 1. The average Bonchev–Trinajstić information content (AvgIpc) is 3.01. The molecule has 0 aromatic carbocycles. The van der Waals surface area contributed by atoms with Gasteiger partial charge < -0.3 is 9.84 Å². The van der Waals surface area contributed by atoms with E-state index < -0.39 is 5.97 Å². The molecule has 0 bridgehead atoms. The molecule has 128 valence electrons. The van der Waals surface area contributed by atoms with Crippen molar-refractivity contribution < 1.29 is 14.6 Å². The van der Waals surface area contributed by atoms with Crippen molar-refractivity contribution in [3.63, 3.8) is 0 Å². The van der Waals surface area contributed by atoms with Gasteiger partial charge in [0, 0.05) is 6.20 Å². The molecule has 1 heterocycles. The van der Waals surface area contributed by atoms with Crippen LogP contribution in [0.3, 0.4) is 0 Å². The van der Waals surface area contributed by atoms with Crippen LogP contribution in [-0.2, 0) is 0 Å². The van der Waals surface area contributed by atoms with Gasteiger partial charge in [-0.25, -0.2) is 9.78 Å². The van der Waals surface area contributed by atoms with Crippen LogP contribution in [0.2, 0.25) is 0 Å². The maximum absolute atomic E-state index is 11.2.